The summed E-state index contributed by atoms with van der Waals surface area (Å²) >= 11 is 0. The van der Waals surface area contributed by atoms with Gasteiger partial charge in [0.25, 0.3) is 0 Å². The number of aliphatic hydroxyl groups is 10. The first-order valence-corrected chi connectivity index (χ1v) is 18.1. The summed E-state index contributed by atoms with van der Waals surface area (Å²) in [6.07, 6.45) is -22.5. The van der Waals surface area contributed by atoms with Crippen LogP contribution in [0.2, 0.25) is 0 Å². The molecule has 4 saturated heterocycles. The zero-order valence-corrected chi connectivity index (χ0v) is 30.0. The average Bonchev–Trinajstić information content (AvgIpc) is 4.14. The fourth-order valence-corrected chi connectivity index (χ4v) is 8.94. The van der Waals surface area contributed by atoms with Crippen LogP contribution >= 0.6 is 0 Å². The molecule has 8 rings (SSSR count). The van der Waals surface area contributed by atoms with Crippen molar-refractivity contribution in [3.8, 4) is 0 Å². The van der Waals surface area contributed by atoms with Crippen LogP contribution < -0.4 is 0 Å². The molecule has 0 bridgehead atoms. The Hall–Kier alpha value is -3.08. The standard InChI is InChI=1S/C34H44O23/c1-47-27(43)9-6-49-29(56-31-21(41)19(39)17(37)11(3-35)52-31)14-8(23-24(54-23)13(9)14)5-51-33(45)34(46)16-15(25-26(34)55-25)10(28(44)48-2)7-50-30(16)57-32-22(42)20(40)18(38)12(4-36)53-32/h5-7,11-26,29-33,35-42,45-46H,3-4H2,1-2H3. The maximum absolute atomic E-state index is 12.9. The summed E-state index contributed by atoms with van der Waals surface area (Å²) < 4.78 is 61.5. The Morgan fingerprint density at radius 1 is 0.702 bits per heavy atom. The van der Waals surface area contributed by atoms with Gasteiger partial charge in [0.1, 0.15) is 61.0 Å². The molecule has 6 fully saturated rings. The van der Waals surface area contributed by atoms with Crippen molar-refractivity contribution in [2.75, 3.05) is 27.4 Å². The molecule has 10 N–H and O–H groups in total. The molecule has 2 saturated carbocycles. The number of esters is 2. The number of hydrogen-bond acceptors (Lipinski definition) is 23. The van der Waals surface area contributed by atoms with Gasteiger partial charge in [0.05, 0.1) is 81.4 Å². The van der Waals surface area contributed by atoms with Crippen molar-refractivity contribution in [3.63, 3.8) is 0 Å². The van der Waals surface area contributed by atoms with E-state index in [1.807, 2.05) is 0 Å². The Morgan fingerprint density at radius 3 is 1.77 bits per heavy atom. The molecule has 6 heterocycles. The Morgan fingerprint density at radius 2 is 1.23 bits per heavy atom. The van der Waals surface area contributed by atoms with Crippen LogP contribution in [0.3, 0.4) is 0 Å². The minimum absolute atomic E-state index is 0.0359. The average molecular weight is 821 g/mol. The highest BCUT2D eigenvalue weighted by molar-refractivity contribution is 5.90. The monoisotopic (exact) mass is 820 g/mol. The lowest BCUT2D eigenvalue weighted by Crippen LogP contribution is -2.62. The first kappa shape index (κ1) is 40.7. The molecule has 8 aliphatic rings. The summed E-state index contributed by atoms with van der Waals surface area (Å²) in [5.74, 6) is -5.94. The number of fused-ring (bicyclic) bond motifs is 6. The van der Waals surface area contributed by atoms with E-state index >= 15 is 0 Å². The third kappa shape index (κ3) is 6.44. The molecule has 22 unspecified atom stereocenters. The van der Waals surface area contributed by atoms with E-state index in [-0.39, 0.29) is 16.7 Å². The number of methoxy groups -OCH3 is 2. The highest BCUT2D eigenvalue weighted by atomic mass is 16.8. The Labute approximate surface area is 321 Å². The third-order valence-corrected chi connectivity index (χ3v) is 12.0. The minimum atomic E-state index is -2.47. The lowest BCUT2D eigenvalue weighted by atomic mass is 9.78. The van der Waals surface area contributed by atoms with Crippen molar-refractivity contribution >= 4 is 11.9 Å². The molecule has 6 aliphatic heterocycles. The quantitative estimate of drug-likeness (QED) is 0.0401. The number of carbonyl (C=O) groups excluding carboxylic acids is 2. The second-order valence-corrected chi connectivity index (χ2v) is 14.9. The minimum Gasteiger partial charge on any atom is -0.471 e. The summed E-state index contributed by atoms with van der Waals surface area (Å²) in [4.78, 5) is 25.7. The highest BCUT2D eigenvalue weighted by Crippen LogP contribution is 2.61. The molecular formula is C34H44O23. The molecule has 0 amide bonds. The third-order valence-electron chi connectivity index (χ3n) is 12.0. The van der Waals surface area contributed by atoms with Crippen molar-refractivity contribution in [2.45, 2.75) is 110 Å². The van der Waals surface area contributed by atoms with Crippen LogP contribution in [0, 0.1) is 23.7 Å². The molecular weight excluding hydrogens is 776 g/mol. The van der Waals surface area contributed by atoms with Crippen molar-refractivity contribution in [1.29, 1.82) is 0 Å². The van der Waals surface area contributed by atoms with Gasteiger partial charge >= 0.3 is 11.9 Å². The maximum atomic E-state index is 12.9. The normalized spacial score (nSPS) is 50.4. The summed E-state index contributed by atoms with van der Waals surface area (Å²) in [5.41, 5.74) is -2.31. The van der Waals surface area contributed by atoms with E-state index in [1.165, 1.54) is 0 Å². The first-order valence-electron chi connectivity index (χ1n) is 18.1. The van der Waals surface area contributed by atoms with Crippen molar-refractivity contribution in [3.05, 3.63) is 35.5 Å². The fourth-order valence-electron chi connectivity index (χ4n) is 8.94. The van der Waals surface area contributed by atoms with E-state index in [0.717, 1.165) is 33.0 Å². The Bertz CT molecular complexity index is 1650. The zero-order chi connectivity index (χ0) is 40.8. The molecule has 0 aromatic heterocycles. The molecule has 2 aliphatic carbocycles. The predicted molar refractivity (Wildman–Crippen MR) is 171 cm³/mol. The lowest BCUT2D eigenvalue weighted by molar-refractivity contribution is -0.356. The van der Waals surface area contributed by atoms with Gasteiger partial charge in [-0.1, -0.05) is 0 Å². The van der Waals surface area contributed by atoms with Crippen molar-refractivity contribution < 1.29 is 113 Å². The molecule has 23 nitrogen and oxygen atoms in total. The summed E-state index contributed by atoms with van der Waals surface area (Å²) in [6, 6.07) is 0. The van der Waals surface area contributed by atoms with Gasteiger partial charge < -0.3 is 103 Å². The molecule has 0 radical (unpaired) electrons. The first-order chi connectivity index (χ1) is 27.2. The molecule has 0 aromatic carbocycles. The van der Waals surface area contributed by atoms with Crippen LogP contribution in [-0.4, -0.2) is 201 Å². The van der Waals surface area contributed by atoms with Crippen LogP contribution in [-0.2, 0) is 61.7 Å². The van der Waals surface area contributed by atoms with Crippen molar-refractivity contribution in [1.82, 2.24) is 0 Å². The van der Waals surface area contributed by atoms with E-state index in [9.17, 15) is 60.7 Å². The topological polar surface area (TPSA) is 345 Å². The largest absolute Gasteiger partial charge is 0.471 e. The lowest BCUT2D eigenvalue weighted by Gasteiger charge is -2.46. The van der Waals surface area contributed by atoms with E-state index < -0.39 is 159 Å². The van der Waals surface area contributed by atoms with E-state index in [2.05, 4.69) is 0 Å². The summed E-state index contributed by atoms with van der Waals surface area (Å²) in [6.45, 7) is -1.52. The number of aliphatic hydroxyl groups excluding tert-OH is 9. The van der Waals surface area contributed by atoms with Gasteiger partial charge in [-0.2, -0.15) is 0 Å². The zero-order valence-electron chi connectivity index (χ0n) is 30.0. The molecule has 22 atom stereocenters. The second-order valence-electron chi connectivity index (χ2n) is 14.9. The van der Waals surface area contributed by atoms with Crippen LogP contribution in [0.25, 0.3) is 0 Å². The predicted octanol–water partition coefficient (Wildman–Crippen LogP) is -6.58. The summed E-state index contributed by atoms with van der Waals surface area (Å²) in [7, 11) is 2.26. The van der Waals surface area contributed by atoms with Gasteiger partial charge in [-0.3, -0.25) is 0 Å². The van der Waals surface area contributed by atoms with Crippen LogP contribution in [0.15, 0.2) is 35.5 Å². The SMILES string of the molecule is COC(=O)C1=COC(OC2OC(CO)C(O)C(O)C2O)C2C(=COC(O)C3(O)C4OC4C4C(C(=O)OC)=COC(OC5OC(CO)C(O)C(O)C5O)C43)C3OC3C12. The molecule has 318 valence electrons. The number of rotatable bonds is 11. The van der Waals surface area contributed by atoms with Gasteiger partial charge in [-0.15, -0.1) is 0 Å². The smallest absolute Gasteiger partial charge is 0.337 e. The van der Waals surface area contributed by atoms with Crippen LogP contribution in [0.5, 0.6) is 0 Å². The second kappa shape index (κ2) is 15.2. The molecule has 0 aromatic rings. The molecule has 23 heteroatoms. The van der Waals surface area contributed by atoms with Gasteiger partial charge in [-0.05, 0) is 0 Å². The maximum Gasteiger partial charge on any atom is 0.337 e. The van der Waals surface area contributed by atoms with Crippen molar-refractivity contribution in [2.24, 2.45) is 23.7 Å². The van der Waals surface area contributed by atoms with E-state index in [4.69, 9.17) is 52.1 Å². The number of hydrogen-bond donors (Lipinski definition) is 10. The van der Waals surface area contributed by atoms with Crippen LogP contribution in [0.1, 0.15) is 0 Å². The molecule has 57 heavy (non-hydrogen) atoms. The Balaban J connectivity index is 1.08. The van der Waals surface area contributed by atoms with Gasteiger partial charge in [0.2, 0.25) is 18.9 Å². The fraction of sp³-hybridized carbons (Fsp3) is 0.765. The Kier molecular flexibility index (Phi) is 10.8. The molecule has 0 spiro atoms. The number of ether oxygens (including phenoxy) is 11. The van der Waals surface area contributed by atoms with Gasteiger partial charge in [-0.25, -0.2) is 9.59 Å². The highest BCUT2D eigenvalue weighted by Gasteiger charge is 2.78. The number of epoxide rings is 2. The van der Waals surface area contributed by atoms with Gasteiger partial charge in [0, 0.05) is 17.4 Å². The summed E-state index contributed by atoms with van der Waals surface area (Å²) in [5, 5.41) is 106. The van der Waals surface area contributed by atoms with E-state index in [1.54, 1.807) is 0 Å². The van der Waals surface area contributed by atoms with Crippen LogP contribution in [0.4, 0.5) is 0 Å². The van der Waals surface area contributed by atoms with E-state index in [0.29, 0.717) is 0 Å². The van der Waals surface area contributed by atoms with Gasteiger partial charge in [0.15, 0.2) is 18.2 Å². The number of carbonyl (C=O) groups is 2.